The Morgan fingerprint density at radius 1 is 1.00 bits per heavy atom. The van der Waals surface area contributed by atoms with Crippen LogP contribution >= 0.6 is 0 Å². The summed E-state index contributed by atoms with van der Waals surface area (Å²) in [5, 5.41) is 6.53. The Hall–Kier alpha value is -3.45. The van der Waals surface area contributed by atoms with E-state index in [1.165, 1.54) is 17.3 Å². The number of hydrogen-bond acceptors (Lipinski definition) is 6. The normalized spacial score (nSPS) is 18.4. The van der Waals surface area contributed by atoms with Gasteiger partial charge in [-0.25, -0.2) is 4.98 Å². The summed E-state index contributed by atoms with van der Waals surface area (Å²) < 4.78 is 0. The summed E-state index contributed by atoms with van der Waals surface area (Å²) >= 11 is 0. The third kappa shape index (κ3) is 5.38. The second-order valence-corrected chi connectivity index (χ2v) is 8.00. The number of hydrogen-bond donors (Lipinski definition) is 4. The number of carbonyl (C=O) groups excluding carboxylic acids is 1. The third-order valence-corrected chi connectivity index (χ3v) is 5.66. The minimum absolute atomic E-state index is 0.0711. The maximum Gasteiger partial charge on any atom is 0.254 e. The van der Waals surface area contributed by atoms with Gasteiger partial charge in [0.15, 0.2) is 0 Å². The Morgan fingerprint density at radius 2 is 1.71 bits per heavy atom. The molecule has 7 nitrogen and oxygen atoms in total. The summed E-state index contributed by atoms with van der Waals surface area (Å²) in [7, 11) is 0. The summed E-state index contributed by atoms with van der Waals surface area (Å²) in [5.74, 6) is 0.241. The van der Waals surface area contributed by atoms with Gasteiger partial charge in [0, 0.05) is 24.0 Å². The first-order valence-electron chi connectivity index (χ1n) is 10.7. The van der Waals surface area contributed by atoms with Crippen molar-refractivity contribution < 1.29 is 4.79 Å². The molecule has 0 aliphatic heterocycles. The van der Waals surface area contributed by atoms with E-state index in [-0.39, 0.29) is 17.6 Å². The van der Waals surface area contributed by atoms with Gasteiger partial charge < -0.3 is 22.1 Å². The lowest BCUT2D eigenvalue weighted by Crippen LogP contribution is -2.43. The monoisotopic (exact) mass is 416 g/mol. The number of benzene rings is 2. The Bertz CT molecular complexity index is 1020. The molecule has 4 rings (SSSR count). The minimum atomic E-state index is -0.580. The van der Waals surface area contributed by atoms with Crippen molar-refractivity contribution in [1.29, 1.82) is 0 Å². The van der Waals surface area contributed by atoms with E-state index in [4.69, 9.17) is 11.5 Å². The molecule has 1 amide bonds. The molecule has 1 aliphatic rings. The van der Waals surface area contributed by atoms with Crippen molar-refractivity contribution in [1.82, 2.24) is 9.97 Å². The molecule has 1 heterocycles. The number of primary amides is 1. The van der Waals surface area contributed by atoms with E-state index in [0.717, 1.165) is 37.8 Å². The number of amides is 1. The fourth-order valence-electron chi connectivity index (χ4n) is 3.91. The number of nitrogens with two attached hydrogens (primary N) is 2. The van der Waals surface area contributed by atoms with Crippen molar-refractivity contribution in [2.24, 2.45) is 11.5 Å². The van der Waals surface area contributed by atoms with Gasteiger partial charge in [-0.15, -0.1) is 0 Å². The number of nitrogens with zero attached hydrogens (tertiary/aromatic N) is 2. The highest BCUT2D eigenvalue weighted by atomic mass is 16.1. The molecule has 7 heteroatoms. The first-order valence-corrected chi connectivity index (χ1v) is 10.7. The standard InChI is InChI=1S/C24H28N6O/c25-20-8-4-5-9-21(20)29-24-27-15-19(22(26)31)23(30-24)28-18-12-10-17(11-13-18)14-16-6-2-1-3-7-16/h1-3,6-7,10-13,15,20-21H,4-5,8-9,14,25H2,(H2,26,31)(H2,27,28,29,30). The van der Waals surface area contributed by atoms with Gasteiger partial charge in [0.05, 0.1) is 0 Å². The van der Waals surface area contributed by atoms with E-state index in [1.54, 1.807) is 0 Å². The second-order valence-electron chi connectivity index (χ2n) is 8.00. The van der Waals surface area contributed by atoms with Crippen LogP contribution in [-0.4, -0.2) is 28.0 Å². The van der Waals surface area contributed by atoms with Crippen LogP contribution in [-0.2, 0) is 6.42 Å². The minimum Gasteiger partial charge on any atom is -0.365 e. The molecule has 1 saturated carbocycles. The largest absolute Gasteiger partial charge is 0.365 e. The highest BCUT2D eigenvalue weighted by Crippen LogP contribution is 2.23. The molecule has 2 unspecified atom stereocenters. The number of aromatic nitrogens is 2. The van der Waals surface area contributed by atoms with Crippen LogP contribution in [0.5, 0.6) is 0 Å². The van der Waals surface area contributed by atoms with E-state index >= 15 is 0 Å². The van der Waals surface area contributed by atoms with Gasteiger partial charge in [-0.2, -0.15) is 4.98 Å². The van der Waals surface area contributed by atoms with Crippen LogP contribution in [0.3, 0.4) is 0 Å². The van der Waals surface area contributed by atoms with Gasteiger partial charge in [0.25, 0.3) is 5.91 Å². The highest BCUT2D eigenvalue weighted by molar-refractivity contribution is 5.98. The average Bonchev–Trinajstić information content (AvgIpc) is 2.77. The fraction of sp³-hybridized carbons (Fsp3) is 0.292. The van der Waals surface area contributed by atoms with Gasteiger partial charge in [0.2, 0.25) is 5.95 Å². The molecule has 160 valence electrons. The first-order chi connectivity index (χ1) is 15.1. The zero-order chi connectivity index (χ0) is 21.6. The van der Waals surface area contributed by atoms with Gasteiger partial charge in [-0.3, -0.25) is 4.79 Å². The van der Waals surface area contributed by atoms with Gasteiger partial charge in [0.1, 0.15) is 11.4 Å². The maximum atomic E-state index is 11.9. The van der Waals surface area contributed by atoms with Crippen LogP contribution in [0.2, 0.25) is 0 Å². The van der Waals surface area contributed by atoms with Crippen molar-refractivity contribution in [3.63, 3.8) is 0 Å². The van der Waals surface area contributed by atoms with Crippen LogP contribution in [0.1, 0.15) is 47.2 Å². The molecule has 2 atom stereocenters. The predicted octanol–water partition coefficient (Wildman–Crippen LogP) is 3.59. The molecular weight excluding hydrogens is 388 g/mol. The van der Waals surface area contributed by atoms with Gasteiger partial charge >= 0.3 is 0 Å². The van der Waals surface area contributed by atoms with Crippen LogP contribution in [0.15, 0.2) is 60.8 Å². The summed E-state index contributed by atoms with van der Waals surface area (Å²) in [6.45, 7) is 0. The molecule has 0 spiro atoms. The van der Waals surface area contributed by atoms with Crippen molar-refractivity contribution >= 4 is 23.4 Å². The molecule has 3 aromatic rings. The summed E-state index contributed by atoms with van der Waals surface area (Å²) in [6, 6.07) is 18.6. The van der Waals surface area contributed by atoms with Crippen LogP contribution in [0.4, 0.5) is 17.5 Å². The molecule has 6 N–H and O–H groups in total. The number of carbonyl (C=O) groups is 1. The predicted molar refractivity (Wildman–Crippen MR) is 123 cm³/mol. The zero-order valence-corrected chi connectivity index (χ0v) is 17.4. The number of rotatable bonds is 7. The molecule has 0 saturated heterocycles. The summed E-state index contributed by atoms with van der Waals surface area (Å²) in [5.41, 5.74) is 15.3. The summed E-state index contributed by atoms with van der Waals surface area (Å²) in [4.78, 5) is 20.7. The Balaban J connectivity index is 1.50. The lowest BCUT2D eigenvalue weighted by atomic mass is 9.91. The Morgan fingerprint density at radius 3 is 2.42 bits per heavy atom. The Labute approximate surface area is 182 Å². The molecular formula is C24H28N6O. The average molecular weight is 417 g/mol. The van der Waals surface area contributed by atoms with E-state index < -0.39 is 5.91 Å². The van der Waals surface area contributed by atoms with E-state index in [2.05, 4.69) is 44.9 Å². The quantitative estimate of drug-likeness (QED) is 0.467. The molecule has 2 aromatic carbocycles. The molecule has 1 aromatic heterocycles. The number of anilines is 3. The Kier molecular flexibility index (Phi) is 6.43. The lowest BCUT2D eigenvalue weighted by molar-refractivity contribution is 0.100. The number of nitrogens with one attached hydrogen (secondary N) is 2. The lowest BCUT2D eigenvalue weighted by Gasteiger charge is -2.29. The topological polar surface area (TPSA) is 119 Å². The molecule has 0 bridgehead atoms. The van der Waals surface area contributed by atoms with Crippen LogP contribution in [0.25, 0.3) is 0 Å². The second kappa shape index (κ2) is 9.57. The summed E-state index contributed by atoms with van der Waals surface area (Å²) in [6.07, 6.45) is 6.55. The van der Waals surface area contributed by atoms with E-state index in [0.29, 0.717) is 11.8 Å². The van der Waals surface area contributed by atoms with E-state index in [9.17, 15) is 4.79 Å². The third-order valence-electron chi connectivity index (χ3n) is 5.66. The fourth-order valence-corrected chi connectivity index (χ4v) is 3.91. The van der Waals surface area contributed by atoms with Crippen molar-refractivity contribution in [2.75, 3.05) is 10.6 Å². The first kappa shape index (κ1) is 20.8. The molecule has 0 radical (unpaired) electrons. The SMILES string of the molecule is NC(=O)c1cnc(NC2CCCCC2N)nc1Nc1ccc(Cc2ccccc2)cc1. The smallest absolute Gasteiger partial charge is 0.254 e. The van der Waals surface area contributed by atoms with E-state index in [1.807, 2.05) is 30.3 Å². The van der Waals surface area contributed by atoms with Crippen LogP contribution in [0, 0.1) is 0 Å². The molecule has 31 heavy (non-hydrogen) atoms. The van der Waals surface area contributed by atoms with Gasteiger partial charge in [-0.05, 0) is 42.5 Å². The molecule has 1 fully saturated rings. The van der Waals surface area contributed by atoms with Gasteiger partial charge in [-0.1, -0.05) is 55.3 Å². The van der Waals surface area contributed by atoms with Crippen molar-refractivity contribution in [2.45, 2.75) is 44.2 Å². The highest BCUT2D eigenvalue weighted by Gasteiger charge is 2.23. The van der Waals surface area contributed by atoms with Crippen molar-refractivity contribution in [3.8, 4) is 0 Å². The maximum absolute atomic E-state index is 11.9. The molecule has 1 aliphatic carbocycles. The van der Waals surface area contributed by atoms with Crippen LogP contribution < -0.4 is 22.1 Å². The zero-order valence-electron chi connectivity index (χ0n) is 17.4. The van der Waals surface area contributed by atoms with Crippen molar-refractivity contribution in [3.05, 3.63) is 77.5 Å².